The SMILES string of the molecule is NC(=O)CCCCN1CCN(CCCCc2cn(CCOCCOCCOCCOCCOCCOCCOCCOCCOCCOCCOCCOCCC(=O)Oc3c(F)cc(F)cc3F)nn2)CC1. The highest BCUT2D eigenvalue weighted by Gasteiger charge is 2.18. The number of hydrogen-bond acceptors (Lipinski definition) is 19. The average molecular weight is 1040 g/mol. The Morgan fingerprint density at radius 2 is 0.833 bits per heavy atom. The van der Waals surface area contributed by atoms with Gasteiger partial charge in [-0.1, -0.05) is 5.21 Å². The van der Waals surface area contributed by atoms with Gasteiger partial charge in [-0.25, -0.2) is 17.9 Å². The largest absolute Gasteiger partial charge is 0.420 e. The number of aryl methyl sites for hydroxylation is 1. The van der Waals surface area contributed by atoms with Crippen LogP contribution >= 0.6 is 0 Å². The second-order valence-corrected chi connectivity index (χ2v) is 16.3. The summed E-state index contributed by atoms with van der Waals surface area (Å²) in [6.07, 6.45) is 7.31. The summed E-state index contributed by atoms with van der Waals surface area (Å²) in [5.41, 5.74) is 6.24. The van der Waals surface area contributed by atoms with E-state index in [0.717, 1.165) is 77.1 Å². The van der Waals surface area contributed by atoms with Crippen LogP contribution in [0.3, 0.4) is 0 Å². The first kappa shape index (κ1) is 62.8. The van der Waals surface area contributed by atoms with Gasteiger partial charge in [-0.3, -0.25) is 9.59 Å². The first-order chi connectivity index (χ1) is 35.3. The molecule has 1 fully saturated rings. The van der Waals surface area contributed by atoms with E-state index >= 15 is 0 Å². The van der Waals surface area contributed by atoms with Crippen molar-refractivity contribution in [2.75, 3.05) is 198 Å². The highest BCUT2D eigenvalue weighted by atomic mass is 19.1. The summed E-state index contributed by atoms with van der Waals surface area (Å²) in [7, 11) is 0. The summed E-state index contributed by atoms with van der Waals surface area (Å²) < 4.78 is 112. The first-order valence-electron chi connectivity index (χ1n) is 25.2. The quantitative estimate of drug-likeness (QED) is 0.0572. The van der Waals surface area contributed by atoms with E-state index in [2.05, 4.69) is 24.8 Å². The van der Waals surface area contributed by atoms with Crippen LogP contribution in [0.4, 0.5) is 13.2 Å². The number of esters is 1. The third-order valence-corrected chi connectivity index (χ3v) is 10.5. The maximum Gasteiger partial charge on any atom is 0.313 e. The maximum absolute atomic E-state index is 13.5. The third-order valence-electron chi connectivity index (χ3n) is 10.5. The second kappa shape index (κ2) is 43.9. The molecule has 24 heteroatoms. The minimum atomic E-state index is -1.30. The molecule has 2 aromatic rings. The van der Waals surface area contributed by atoms with Crippen molar-refractivity contribution in [2.45, 2.75) is 51.5 Å². The van der Waals surface area contributed by atoms with Gasteiger partial charge in [-0.15, -0.1) is 5.10 Å². The number of nitrogens with zero attached hydrogens (tertiary/aromatic N) is 5. The van der Waals surface area contributed by atoms with Crippen LogP contribution in [-0.2, 0) is 79.4 Å². The van der Waals surface area contributed by atoms with E-state index in [9.17, 15) is 22.8 Å². The fourth-order valence-corrected chi connectivity index (χ4v) is 6.70. The Balaban J connectivity index is 0.913. The van der Waals surface area contributed by atoms with Crippen LogP contribution in [0.15, 0.2) is 18.3 Å². The van der Waals surface area contributed by atoms with E-state index in [1.54, 1.807) is 0 Å². The Kier molecular flexibility index (Phi) is 38.3. The number of piperazine rings is 1. The molecule has 0 radical (unpaired) electrons. The number of hydrogen-bond donors (Lipinski definition) is 1. The predicted octanol–water partition coefficient (Wildman–Crippen LogP) is 2.49. The van der Waals surface area contributed by atoms with Crippen LogP contribution in [-0.4, -0.2) is 235 Å². The maximum atomic E-state index is 13.5. The van der Waals surface area contributed by atoms with Gasteiger partial charge >= 0.3 is 5.97 Å². The molecule has 0 spiro atoms. The van der Waals surface area contributed by atoms with Gasteiger partial charge in [0.1, 0.15) is 5.82 Å². The van der Waals surface area contributed by atoms with Crippen molar-refractivity contribution < 1.29 is 84.3 Å². The Hall–Kier alpha value is -3.47. The molecule has 414 valence electrons. The molecule has 0 saturated carbocycles. The summed E-state index contributed by atoms with van der Waals surface area (Å²) in [5.74, 6) is -5.79. The van der Waals surface area contributed by atoms with Crippen molar-refractivity contribution in [3.63, 3.8) is 0 Å². The van der Waals surface area contributed by atoms with Crippen molar-refractivity contribution >= 4 is 11.9 Å². The molecular weight excluding hydrogens is 958 g/mol. The Labute approximate surface area is 422 Å². The van der Waals surface area contributed by atoms with E-state index in [1.807, 2.05) is 10.9 Å². The molecule has 1 aromatic heterocycles. The molecule has 1 saturated heterocycles. The highest BCUT2D eigenvalue weighted by molar-refractivity contribution is 5.73. The van der Waals surface area contributed by atoms with Crippen molar-refractivity contribution in [1.29, 1.82) is 0 Å². The van der Waals surface area contributed by atoms with Gasteiger partial charge in [-0.2, -0.15) is 0 Å². The molecule has 1 aliphatic rings. The molecule has 3 rings (SSSR count). The molecule has 21 nitrogen and oxygen atoms in total. The van der Waals surface area contributed by atoms with Gasteiger partial charge in [0.15, 0.2) is 11.6 Å². The van der Waals surface area contributed by atoms with Gasteiger partial charge in [0.05, 0.1) is 177 Å². The fraction of sp³-hybridized carbons (Fsp3) is 0.792. The number of carbonyl (C=O) groups excluding carboxylic acids is 2. The van der Waals surface area contributed by atoms with Gasteiger partial charge in [0, 0.05) is 50.9 Å². The highest BCUT2D eigenvalue weighted by Crippen LogP contribution is 2.23. The number of halogens is 3. The van der Waals surface area contributed by atoms with Crippen LogP contribution in [0.2, 0.25) is 0 Å². The zero-order valence-corrected chi connectivity index (χ0v) is 42.2. The molecule has 2 N–H and O–H groups in total. The smallest absolute Gasteiger partial charge is 0.313 e. The first-order valence-corrected chi connectivity index (χ1v) is 25.2. The number of nitrogens with two attached hydrogens (primary N) is 1. The van der Waals surface area contributed by atoms with E-state index in [0.29, 0.717) is 164 Å². The molecule has 0 aliphatic carbocycles. The molecule has 0 atom stereocenters. The normalized spacial score (nSPS) is 13.4. The molecular formula is C48H81F3N6O15. The van der Waals surface area contributed by atoms with E-state index in [1.165, 1.54) is 0 Å². The van der Waals surface area contributed by atoms with Crippen molar-refractivity contribution in [1.82, 2.24) is 24.8 Å². The predicted molar refractivity (Wildman–Crippen MR) is 255 cm³/mol. The molecule has 0 bridgehead atoms. The van der Waals surface area contributed by atoms with E-state index in [4.69, 9.17) is 62.6 Å². The number of amides is 1. The number of aromatic nitrogens is 3. The molecule has 1 aliphatic heterocycles. The van der Waals surface area contributed by atoms with Crippen LogP contribution in [0.1, 0.15) is 44.2 Å². The van der Waals surface area contributed by atoms with Crippen molar-refractivity contribution in [3.8, 4) is 5.75 Å². The van der Waals surface area contributed by atoms with Crippen molar-refractivity contribution in [3.05, 3.63) is 41.5 Å². The van der Waals surface area contributed by atoms with Gasteiger partial charge in [0.25, 0.3) is 0 Å². The molecule has 2 heterocycles. The minimum Gasteiger partial charge on any atom is -0.420 e. The lowest BCUT2D eigenvalue weighted by Gasteiger charge is -2.34. The number of primary amides is 1. The number of unbranched alkanes of at least 4 members (excludes halogenated alkanes) is 2. The van der Waals surface area contributed by atoms with Crippen LogP contribution < -0.4 is 10.5 Å². The summed E-state index contributed by atoms with van der Waals surface area (Å²) in [4.78, 5) is 27.6. The standard InChI is InChI=1S/C48H81F3N6O15/c49-42-39-44(50)48(45(51)40-42)72-47(59)7-15-60-17-19-62-21-23-64-25-27-66-29-31-68-33-35-70-37-38-71-36-34-69-32-30-67-28-26-65-24-22-63-20-18-61-16-14-57-41-43(53-54-57)5-1-3-8-55-10-12-56(13-11-55)9-4-2-6-46(52)58/h39-41H,1-38H2,(H2,52,58). The molecule has 1 amide bonds. The Morgan fingerprint density at radius 3 is 1.22 bits per heavy atom. The topological polar surface area (TPSA) is 217 Å². The zero-order valence-electron chi connectivity index (χ0n) is 42.2. The second-order valence-electron chi connectivity index (χ2n) is 16.3. The fourth-order valence-electron chi connectivity index (χ4n) is 6.70. The Bertz CT molecular complexity index is 1610. The summed E-state index contributed by atoms with van der Waals surface area (Å²) in [6.45, 7) is 17.1. The summed E-state index contributed by atoms with van der Waals surface area (Å²) in [5, 5.41) is 8.55. The van der Waals surface area contributed by atoms with Crippen LogP contribution in [0.25, 0.3) is 0 Å². The lowest BCUT2D eigenvalue weighted by Crippen LogP contribution is -2.46. The average Bonchev–Trinajstić information content (AvgIpc) is 3.82. The van der Waals surface area contributed by atoms with Crippen LogP contribution in [0, 0.1) is 17.5 Å². The number of benzene rings is 1. The van der Waals surface area contributed by atoms with E-state index in [-0.39, 0.29) is 32.1 Å². The minimum absolute atomic E-state index is 0.0403. The third kappa shape index (κ3) is 34.9. The summed E-state index contributed by atoms with van der Waals surface area (Å²) >= 11 is 0. The Morgan fingerprint density at radius 1 is 0.472 bits per heavy atom. The van der Waals surface area contributed by atoms with Gasteiger partial charge in [0.2, 0.25) is 11.7 Å². The van der Waals surface area contributed by atoms with Gasteiger partial charge < -0.3 is 77.1 Å². The monoisotopic (exact) mass is 1040 g/mol. The summed E-state index contributed by atoms with van der Waals surface area (Å²) in [6, 6.07) is 0.851. The van der Waals surface area contributed by atoms with Gasteiger partial charge in [-0.05, 0) is 45.2 Å². The zero-order chi connectivity index (χ0) is 51.4. The lowest BCUT2D eigenvalue weighted by atomic mass is 10.2. The number of ether oxygens (including phenoxy) is 13. The van der Waals surface area contributed by atoms with E-state index < -0.39 is 29.2 Å². The molecule has 72 heavy (non-hydrogen) atoms. The molecule has 0 unspecified atom stereocenters. The molecule has 1 aromatic carbocycles. The lowest BCUT2D eigenvalue weighted by molar-refractivity contribution is -0.136. The van der Waals surface area contributed by atoms with Crippen molar-refractivity contribution in [2.24, 2.45) is 5.73 Å². The number of rotatable bonds is 50. The number of carbonyl (C=O) groups is 2. The van der Waals surface area contributed by atoms with Crippen LogP contribution in [0.5, 0.6) is 5.75 Å².